The molecule has 2 aromatic carbocycles. The number of rotatable bonds is 6. The number of ether oxygens (including phenoxy) is 1. The number of methoxy groups -OCH3 is 1. The molecule has 2 N–H and O–H groups in total. The molecule has 0 radical (unpaired) electrons. The summed E-state index contributed by atoms with van der Waals surface area (Å²) < 4.78 is 34.6. The van der Waals surface area contributed by atoms with Crippen molar-refractivity contribution in [3.05, 3.63) is 52.0 Å². The number of amides is 1. The van der Waals surface area contributed by atoms with E-state index >= 15 is 0 Å². The van der Waals surface area contributed by atoms with Gasteiger partial charge in [-0.25, -0.2) is 13.1 Å². The first-order valence-electron chi connectivity index (χ1n) is 9.08. The summed E-state index contributed by atoms with van der Waals surface area (Å²) >= 11 is 3.42. The summed E-state index contributed by atoms with van der Waals surface area (Å²) in [4.78, 5) is 12.6. The molecule has 0 saturated heterocycles. The summed E-state index contributed by atoms with van der Waals surface area (Å²) in [6.07, 6.45) is 3.67. The van der Waals surface area contributed by atoms with Crippen LogP contribution >= 0.6 is 15.9 Å². The standard InChI is InChI=1S/C20H23BrN2O4S/c1-13-11-16(8-9-17(13)21)22-20(24)14-7-10-18(27-2)19(12-14)28(25,26)23-15-5-3-4-6-15/h7-12,15,23H,3-6H2,1-2H3,(H,22,24). The molecule has 6 nitrogen and oxygen atoms in total. The fraction of sp³-hybridized carbons (Fsp3) is 0.350. The van der Waals surface area contributed by atoms with Gasteiger partial charge in [0.1, 0.15) is 10.6 Å². The van der Waals surface area contributed by atoms with Gasteiger partial charge in [-0.05, 0) is 61.7 Å². The molecule has 1 aliphatic rings. The van der Waals surface area contributed by atoms with Gasteiger partial charge in [-0.1, -0.05) is 28.8 Å². The predicted molar refractivity (Wildman–Crippen MR) is 112 cm³/mol. The zero-order valence-corrected chi connectivity index (χ0v) is 18.2. The number of carbonyl (C=O) groups excluding carboxylic acids is 1. The molecule has 0 atom stereocenters. The van der Waals surface area contributed by atoms with E-state index in [9.17, 15) is 13.2 Å². The molecule has 1 fully saturated rings. The minimum Gasteiger partial charge on any atom is -0.495 e. The molecule has 1 saturated carbocycles. The molecule has 28 heavy (non-hydrogen) atoms. The number of nitrogens with one attached hydrogen (secondary N) is 2. The fourth-order valence-corrected chi connectivity index (χ4v) is 5.03. The molecular formula is C20H23BrN2O4S. The number of halogens is 1. The van der Waals surface area contributed by atoms with E-state index in [1.54, 1.807) is 12.1 Å². The third kappa shape index (κ3) is 4.74. The van der Waals surface area contributed by atoms with E-state index in [2.05, 4.69) is 26.0 Å². The van der Waals surface area contributed by atoms with Crippen LogP contribution in [0.25, 0.3) is 0 Å². The Morgan fingerprint density at radius 3 is 2.50 bits per heavy atom. The Kier molecular flexibility index (Phi) is 6.42. The molecule has 0 bridgehead atoms. The molecule has 150 valence electrons. The largest absolute Gasteiger partial charge is 0.495 e. The summed E-state index contributed by atoms with van der Waals surface area (Å²) in [5.74, 6) is -0.178. The van der Waals surface area contributed by atoms with Crippen molar-refractivity contribution in [1.29, 1.82) is 0 Å². The number of carbonyl (C=O) groups is 1. The quantitative estimate of drug-likeness (QED) is 0.666. The lowest BCUT2D eigenvalue weighted by molar-refractivity contribution is 0.102. The number of hydrogen-bond donors (Lipinski definition) is 2. The molecule has 1 amide bonds. The predicted octanol–water partition coefficient (Wildman–Crippen LogP) is 4.24. The maximum absolute atomic E-state index is 12.9. The molecule has 0 spiro atoms. The van der Waals surface area contributed by atoms with Crippen LogP contribution in [0.2, 0.25) is 0 Å². The summed E-state index contributed by atoms with van der Waals surface area (Å²) in [6.45, 7) is 1.92. The van der Waals surface area contributed by atoms with Crippen LogP contribution in [0.4, 0.5) is 5.69 Å². The summed E-state index contributed by atoms with van der Waals surface area (Å²) in [7, 11) is -2.38. The first kappa shape index (κ1) is 20.8. The third-order valence-electron chi connectivity index (χ3n) is 4.81. The maximum Gasteiger partial charge on any atom is 0.255 e. The topological polar surface area (TPSA) is 84.5 Å². The first-order valence-corrected chi connectivity index (χ1v) is 11.4. The van der Waals surface area contributed by atoms with E-state index in [0.29, 0.717) is 5.69 Å². The Hall–Kier alpha value is -1.90. The van der Waals surface area contributed by atoms with E-state index in [1.165, 1.54) is 19.2 Å². The van der Waals surface area contributed by atoms with Crippen molar-refractivity contribution >= 4 is 37.5 Å². The number of sulfonamides is 1. The van der Waals surface area contributed by atoms with Crippen molar-refractivity contribution in [2.45, 2.75) is 43.5 Å². The highest BCUT2D eigenvalue weighted by molar-refractivity contribution is 9.10. The van der Waals surface area contributed by atoms with Gasteiger partial charge in [-0.2, -0.15) is 0 Å². The Morgan fingerprint density at radius 1 is 1.14 bits per heavy atom. The number of benzene rings is 2. The molecule has 0 aromatic heterocycles. The Balaban J connectivity index is 1.86. The number of hydrogen-bond acceptors (Lipinski definition) is 4. The fourth-order valence-electron chi connectivity index (χ4n) is 3.28. The Labute approximate surface area is 173 Å². The third-order valence-corrected chi connectivity index (χ3v) is 7.24. The van der Waals surface area contributed by atoms with Crippen molar-refractivity contribution < 1.29 is 17.9 Å². The van der Waals surface area contributed by atoms with Crippen molar-refractivity contribution in [3.8, 4) is 5.75 Å². The van der Waals surface area contributed by atoms with Crippen LogP contribution < -0.4 is 14.8 Å². The second kappa shape index (κ2) is 8.63. The molecule has 0 unspecified atom stereocenters. The van der Waals surface area contributed by atoms with Gasteiger partial charge in [-0.15, -0.1) is 0 Å². The van der Waals surface area contributed by atoms with Gasteiger partial charge < -0.3 is 10.1 Å². The highest BCUT2D eigenvalue weighted by Gasteiger charge is 2.26. The van der Waals surface area contributed by atoms with Crippen LogP contribution in [0.1, 0.15) is 41.6 Å². The average molecular weight is 467 g/mol. The lowest BCUT2D eigenvalue weighted by Gasteiger charge is -2.16. The molecule has 1 aliphatic carbocycles. The van der Waals surface area contributed by atoms with Crippen LogP contribution in [0, 0.1) is 6.92 Å². The Morgan fingerprint density at radius 2 is 1.86 bits per heavy atom. The van der Waals surface area contributed by atoms with E-state index < -0.39 is 10.0 Å². The van der Waals surface area contributed by atoms with E-state index in [1.807, 2.05) is 19.1 Å². The highest BCUT2D eigenvalue weighted by Crippen LogP contribution is 2.28. The molecule has 2 aromatic rings. The lowest BCUT2D eigenvalue weighted by Crippen LogP contribution is -2.33. The van der Waals surface area contributed by atoms with Crippen LogP contribution in [0.15, 0.2) is 45.8 Å². The summed E-state index contributed by atoms with van der Waals surface area (Å²) in [5, 5.41) is 2.80. The molecule has 8 heteroatoms. The van der Waals surface area contributed by atoms with Crippen molar-refractivity contribution in [3.63, 3.8) is 0 Å². The number of anilines is 1. The second-order valence-corrected chi connectivity index (χ2v) is 9.42. The molecule has 0 aliphatic heterocycles. The van der Waals surface area contributed by atoms with Gasteiger partial charge in [0, 0.05) is 21.8 Å². The van der Waals surface area contributed by atoms with E-state index in [0.717, 1.165) is 35.7 Å². The van der Waals surface area contributed by atoms with Gasteiger partial charge >= 0.3 is 0 Å². The van der Waals surface area contributed by atoms with E-state index in [4.69, 9.17) is 4.74 Å². The van der Waals surface area contributed by atoms with Crippen LogP contribution in [0.3, 0.4) is 0 Å². The molecule has 3 rings (SSSR count). The van der Waals surface area contributed by atoms with Gasteiger partial charge in [0.25, 0.3) is 5.91 Å². The van der Waals surface area contributed by atoms with Crippen molar-refractivity contribution in [1.82, 2.24) is 4.72 Å². The smallest absolute Gasteiger partial charge is 0.255 e. The summed E-state index contributed by atoms with van der Waals surface area (Å²) in [6, 6.07) is 9.80. The monoisotopic (exact) mass is 466 g/mol. The van der Waals surface area contributed by atoms with Crippen LogP contribution in [-0.2, 0) is 10.0 Å². The van der Waals surface area contributed by atoms with Crippen LogP contribution in [-0.4, -0.2) is 27.5 Å². The zero-order valence-electron chi connectivity index (χ0n) is 15.8. The second-order valence-electron chi connectivity index (χ2n) is 6.89. The van der Waals surface area contributed by atoms with Crippen molar-refractivity contribution in [2.75, 3.05) is 12.4 Å². The minimum absolute atomic E-state index is 0.0264. The SMILES string of the molecule is COc1ccc(C(=O)Nc2ccc(Br)c(C)c2)cc1S(=O)(=O)NC1CCCC1. The van der Waals surface area contributed by atoms with Crippen molar-refractivity contribution in [2.24, 2.45) is 0 Å². The average Bonchev–Trinajstić information content (AvgIpc) is 3.16. The first-order chi connectivity index (χ1) is 13.3. The zero-order chi connectivity index (χ0) is 20.3. The van der Waals surface area contributed by atoms with Gasteiger partial charge in [0.2, 0.25) is 10.0 Å². The normalized spacial score (nSPS) is 14.8. The lowest BCUT2D eigenvalue weighted by atomic mass is 10.2. The highest BCUT2D eigenvalue weighted by atomic mass is 79.9. The summed E-state index contributed by atoms with van der Waals surface area (Å²) in [5.41, 5.74) is 1.86. The number of aryl methyl sites for hydroxylation is 1. The minimum atomic E-state index is -3.79. The molecular weight excluding hydrogens is 444 g/mol. The van der Waals surface area contributed by atoms with Gasteiger partial charge in [-0.3, -0.25) is 4.79 Å². The van der Waals surface area contributed by atoms with Crippen LogP contribution in [0.5, 0.6) is 5.75 Å². The van der Waals surface area contributed by atoms with Gasteiger partial charge in [0.15, 0.2) is 0 Å². The van der Waals surface area contributed by atoms with Gasteiger partial charge in [0.05, 0.1) is 7.11 Å². The Bertz CT molecular complexity index is 986. The molecule has 0 heterocycles. The van der Waals surface area contributed by atoms with E-state index in [-0.39, 0.29) is 28.2 Å². The maximum atomic E-state index is 12.9.